The molecule has 6 nitrogen and oxygen atoms in total. The van der Waals surface area contributed by atoms with Crippen LogP contribution < -0.4 is 10.6 Å². The average molecular weight is 297 g/mol. The molecule has 7 heteroatoms. The van der Waals surface area contributed by atoms with Crippen LogP contribution in [0.1, 0.15) is 0 Å². The van der Waals surface area contributed by atoms with Gasteiger partial charge in [0.15, 0.2) is 5.16 Å². The third-order valence-corrected chi connectivity index (χ3v) is 4.43. The molecular weight excluding hydrogens is 286 g/mol. The molecule has 0 unspecified atom stereocenters. The number of benzene rings is 1. The van der Waals surface area contributed by atoms with E-state index in [1.54, 1.807) is 12.4 Å². The molecule has 0 atom stereocenters. The summed E-state index contributed by atoms with van der Waals surface area (Å²) in [5.41, 5.74) is 1.40. The van der Waals surface area contributed by atoms with Gasteiger partial charge in [-0.25, -0.2) is 9.66 Å². The van der Waals surface area contributed by atoms with Crippen molar-refractivity contribution in [2.24, 2.45) is 0 Å². The normalized spacial score (nSPS) is 12.9. The van der Waals surface area contributed by atoms with Crippen LogP contribution in [-0.4, -0.2) is 26.5 Å². The Balaban J connectivity index is 1.91. The van der Waals surface area contributed by atoms with E-state index in [2.05, 4.69) is 10.1 Å². The lowest BCUT2D eigenvalue weighted by molar-refractivity contribution is 0.658. The summed E-state index contributed by atoms with van der Waals surface area (Å²) in [6.45, 7) is 0. The van der Waals surface area contributed by atoms with Gasteiger partial charge >= 0.3 is 0 Å². The topological polar surface area (TPSA) is 56.0 Å². The number of rotatable bonds is 1. The lowest BCUT2D eigenvalue weighted by Gasteiger charge is -2.27. The second kappa shape index (κ2) is 4.49. The van der Waals surface area contributed by atoms with Crippen molar-refractivity contribution in [2.45, 2.75) is 10.1 Å². The van der Waals surface area contributed by atoms with Crippen LogP contribution in [0.3, 0.4) is 0 Å². The van der Waals surface area contributed by atoms with Crippen LogP contribution in [0.2, 0.25) is 0 Å². The molecular formula is C14H11N5OS. The van der Waals surface area contributed by atoms with Gasteiger partial charge in [0.2, 0.25) is 0 Å². The highest BCUT2D eigenvalue weighted by atomic mass is 32.2. The lowest BCUT2D eigenvalue weighted by atomic mass is 10.3. The largest absolute Gasteiger partial charge is 0.287 e. The van der Waals surface area contributed by atoms with E-state index >= 15 is 0 Å². The van der Waals surface area contributed by atoms with Crippen molar-refractivity contribution in [1.29, 1.82) is 0 Å². The number of aromatic nitrogens is 4. The highest BCUT2D eigenvalue weighted by molar-refractivity contribution is 7.99. The molecule has 3 heterocycles. The van der Waals surface area contributed by atoms with Crippen LogP contribution in [0.15, 0.2) is 63.8 Å². The van der Waals surface area contributed by atoms with Gasteiger partial charge in [-0.15, -0.1) is 0 Å². The summed E-state index contributed by atoms with van der Waals surface area (Å²) in [7, 11) is 1.89. The fourth-order valence-corrected chi connectivity index (χ4v) is 3.34. The summed E-state index contributed by atoms with van der Waals surface area (Å²) < 4.78 is 3.30. The number of para-hydroxylation sites is 1. The van der Waals surface area contributed by atoms with Gasteiger partial charge in [-0.05, 0) is 23.9 Å². The lowest BCUT2D eigenvalue weighted by Crippen LogP contribution is -2.33. The van der Waals surface area contributed by atoms with E-state index in [4.69, 9.17) is 0 Å². The molecule has 21 heavy (non-hydrogen) atoms. The van der Waals surface area contributed by atoms with Gasteiger partial charge in [-0.2, -0.15) is 9.78 Å². The number of fused-ring (bicyclic) bond motifs is 2. The zero-order valence-electron chi connectivity index (χ0n) is 11.2. The standard InChI is InChI=1S/C14H11N5OS/c1-17-11-9-16-19(10-5-3-2-4-6-10)13(20)12(11)21-14-15-7-8-18(14)17/h2-9H,1H3. The number of hydrogen-bond donors (Lipinski definition) is 0. The van der Waals surface area contributed by atoms with E-state index in [0.29, 0.717) is 4.90 Å². The molecule has 2 aromatic heterocycles. The molecule has 0 aliphatic carbocycles. The summed E-state index contributed by atoms with van der Waals surface area (Å²) in [6.07, 6.45) is 5.28. The summed E-state index contributed by atoms with van der Waals surface area (Å²) >= 11 is 1.37. The first-order valence-corrected chi connectivity index (χ1v) is 7.20. The minimum absolute atomic E-state index is 0.134. The van der Waals surface area contributed by atoms with Gasteiger partial charge in [-0.3, -0.25) is 9.80 Å². The maximum atomic E-state index is 12.7. The second-order valence-electron chi connectivity index (χ2n) is 4.59. The Morgan fingerprint density at radius 3 is 2.81 bits per heavy atom. The van der Waals surface area contributed by atoms with Crippen LogP contribution in [0.5, 0.6) is 0 Å². The van der Waals surface area contributed by atoms with E-state index in [1.165, 1.54) is 16.4 Å². The zero-order valence-corrected chi connectivity index (χ0v) is 12.0. The van der Waals surface area contributed by atoms with Crippen molar-refractivity contribution in [2.75, 3.05) is 12.1 Å². The van der Waals surface area contributed by atoms with E-state index in [-0.39, 0.29) is 5.56 Å². The van der Waals surface area contributed by atoms with E-state index in [1.807, 2.05) is 53.3 Å². The fraction of sp³-hybridized carbons (Fsp3) is 0.0714. The smallest absolute Gasteiger partial charge is 0.280 e. The average Bonchev–Trinajstić information content (AvgIpc) is 2.98. The molecule has 0 spiro atoms. The Morgan fingerprint density at radius 2 is 2.00 bits per heavy atom. The van der Waals surface area contributed by atoms with Crippen LogP contribution in [-0.2, 0) is 0 Å². The van der Waals surface area contributed by atoms with Gasteiger partial charge in [0, 0.05) is 19.4 Å². The molecule has 0 saturated heterocycles. The number of anilines is 1. The Kier molecular flexibility index (Phi) is 2.61. The van der Waals surface area contributed by atoms with Crippen LogP contribution in [0.25, 0.3) is 5.69 Å². The molecule has 0 N–H and O–H groups in total. The molecule has 0 bridgehead atoms. The molecule has 4 rings (SSSR count). The van der Waals surface area contributed by atoms with Crippen molar-refractivity contribution in [3.05, 3.63) is 59.3 Å². The monoisotopic (exact) mass is 297 g/mol. The van der Waals surface area contributed by atoms with Crippen molar-refractivity contribution in [3.63, 3.8) is 0 Å². The zero-order chi connectivity index (χ0) is 14.4. The van der Waals surface area contributed by atoms with Crippen LogP contribution >= 0.6 is 11.8 Å². The van der Waals surface area contributed by atoms with Gasteiger partial charge in [0.25, 0.3) is 5.56 Å². The minimum Gasteiger partial charge on any atom is -0.280 e. The number of nitrogens with zero attached hydrogens (tertiary/aromatic N) is 5. The van der Waals surface area contributed by atoms with Crippen molar-refractivity contribution < 1.29 is 0 Å². The first kappa shape index (κ1) is 12.2. The number of imidazole rings is 1. The van der Waals surface area contributed by atoms with E-state index in [9.17, 15) is 4.79 Å². The minimum atomic E-state index is -0.134. The van der Waals surface area contributed by atoms with Gasteiger partial charge < -0.3 is 0 Å². The Labute approximate surface area is 124 Å². The van der Waals surface area contributed by atoms with Gasteiger partial charge in [0.1, 0.15) is 4.90 Å². The molecule has 3 aromatic rings. The fourth-order valence-electron chi connectivity index (χ4n) is 2.30. The SMILES string of the molecule is CN1c2cnn(-c3ccccc3)c(=O)c2Sc2nccn21. The van der Waals surface area contributed by atoms with Crippen LogP contribution in [0.4, 0.5) is 5.69 Å². The van der Waals surface area contributed by atoms with Crippen molar-refractivity contribution in [1.82, 2.24) is 19.4 Å². The predicted octanol–water partition coefficient (Wildman–Crippen LogP) is 1.79. The molecule has 0 amide bonds. The summed E-state index contributed by atoms with van der Waals surface area (Å²) in [6, 6.07) is 9.40. The third-order valence-electron chi connectivity index (χ3n) is 3.37. The van der Waals surface area contributed by atoms with Gasteiger partial charge in [0.05, 0.1) is 17.6 Å². The molecule has 0 radical (unpaired) electrons. The summed E-state index contributed by atoms with van der Waals surface area (Å²) in [5.74, 6) is 0. The highest BCUT2D eigenvalue weighted by Gasteiger charge is 2.25. The predicted molar refractivity (Wildman–Crippen MR) is 80.0 cm³/mol. The summed E-state index contributed by atoms with van der Waals surface area (Å²) in [4.78, 5) is 17.6. The molecule has 1 aliphatic rings. The Hall–Kier alpha value is -2.54. The van der Waals surface area contributed by atoms with Gasteiger partial charge in [-0.1, -0.05) is 18.2 Å². The second-order valence-corrected chi connectivity index (χ2v) is 5.57. The first-order chi connectivity index (χ1) is 10.3. The third kappa shape index (κ3) is 1.78. The van der Waals surface area contributed by atoms with Crippen LogP contribution in [0, 0.1) is 0 Å². The molecule has 0 fully saturated rings. The Bertz CT molecular complexity index is 871. The van der Waals surface area contributed by atoms with E-state index in [0.717, 1.165) is 16.5 Å². The van der Waals surface area contributed by atoms with Crippen molar-refractivity contribution >= 4 is 17.4 Å². The van der Waals surface area contributed by atoms with E-state index < -0.39 is 0 Å². The Morgan fingerprint density at radius 1 is 1.19 bits per heavy atom. The maximum absolute atomic E-state index is 12.7. The molecule has 0 saturated carbocycles. The summed E-state index contributed by atoms with van der Waals surface area (Å²) in [5, 5.41) is 6.93. The maximum Gasteiger partial charge on any atom is 0.287 e. The number of hydrogen-bond acceptors (Lipinski definition) is 5. The molecule has 1 aromatic carbocycles. The highest BCUT2D eigenvalue weighted by Crippen LogP contribution is 2.36. The van der Waals surface area contributed by atoms with Crippen molar-refractivity contribution in [3.8, 4) is 5.69 Å². The molecule has 104 valence electrons. The first-order valence-electron chi connectivity index (χ1n) is 6.38. The quantitative estimate of drug-likeness (QED) is 0.685. The molecule has 1 aliphatic heterocycles.